The van der Waals surface area contributed by atoms with E-state index >= 15 is 0 Å². The molecule has 1 aliphatic rings. The zero-order chi connectivity index (χ0) is 20.1. The van der Waals surface area contributed by atoms with Crippen LogP contribution in [0.4, 0.5) is 0 Å². The van der Waals surface area contributed by atoms with Crippen LogP contribution in [0.2, 0.25) is 0 Å². The third-order valence-corrected chi connectivity index (χ3v) is 5.78. The predicted molar refractivity (Wildman–Crippen MR) is 106 cm³/mol. The third-order valence-electron chi connectivity index (χ3n) is 4.79. The van der Waals surface area contributed by atoms with Crippen molar-refractivity contribution >= 4 is 29.1 Å². The van der Waals surface area contributed by atoms with Gasteiger partial charge < -0.3 is 20.0 Å². The molecule has 1 saturated heterocycles. The van der Waals surface area contributed by atoms with Crippen molar-refractivity contribution in [1.82, 2.24) is 15.5 Å². The molecule has 3 rings (SSSR count). The molecule has 0 bridgehead atoms. The molecule has 2 aromatic rings. The average molecular weight is 404 g/mol. The first-order valence-electron chi connectivity index (χ1n) is 9.38. The number of rotatable bonds is 6. The zero-order valence-corrected chi connectivity index (χ0v) is 16.9. The lowest BCUT2D eigenvalue weighted by Crippen LogP contribution is -2.47. The molecule has 3 heterocycles. The van der Waals surface area contributed by atoms with E-state index in [1.807, 2.05) is 22.4 Å². The van der Waals surface area contributed by atoms with E-state index in [9.17, 15) is 14.4 Å². The first-order valence-corrected chi connectivity index (χ1v) is 10.3. The van der Waals surface area contributed by atoms with Gasteiger partial charge in [0.05, 0.1) is 12.5 Å². The lowest BCUT2D eigenvalue weighted by Gasteiger charge is -2.33. The smallest absolute Gasteiger partial charge is 0.287 e. The molecule has 2 N–H and O–H groups in total. The summed E-state index contributed by atoms with van der Waals surface area (Å²) in [5.41, 5.74) is 0. The Labute approximate surface area is 168 Å². The van der Waals surface area contributed by atoms with E-state index in [2.05, 4.69) is 10.6 Å². The Morgan fingerprint density at radius 1 is 1.25 bits per heavy atom. The van der Waals surface area contributed by atoms with Gasteiger partial charge in [-0.3, -0.25) is 14.4 Å². The molecule has 1 aliphatic heterocycles. The lowest BCUT2D eigenvalue weighted by atomic mass is 10.0. The molecule has 1 atom stereocenters. The highest BCUT2D eigenvalue weighted by molar-refractivity contribution is 7.10. The van der Waals surface area contributed by atoms with Crippen molar-refractivity contribution in [3.05, 3.63) is 46.0 Å². The fourth-order valence-electron chi connectivity index (χ4n) is 3.35. The number of aryl methyl sites for hydroxylation is 1. The van der Waals surface area contributed by atoms with E-state index in [-0.39, 0.29) is 36.2 Å². The first kappa shape index (κ1) is 20.1. The van der Waals surface area contributed by atoms with E-state index in [4.69, 9.17) is 4.42 Å². The van der Waals surface area contributed by atoms with Crippen molar-refractivity contribution in [2.24, 2.45) is 0 Å². The molecule has 0 spiro atoms. The molecule has 2 aromatic heterocycles. The molecule has 28 heavy (non-hydrogen) atoms. The van der Waals surface area contributed by atoms with E-state index in [1.165, 1.54) is 18.3 Å². The predicted octanol–water partition coefficient (Wildman–Crippen LogP) is 2.64. The Balaban J connectivity index is 1.50. The second-order valence-corrected chi connectivity index (χ2v) is 7.99. The van der Waals surface area contributed by atoms with Crippen LogP contribution in [-0.4, -0.2) is 41.8 Å². The zero-order valence-electron chi connectivity index (χ0n) is 16.1. The first-order chi connectivity index (χ1) is 13.4. The summed E-state index contributed by atoms with van der Waals surface area (Å²) in [5.74, 6) is 0.649. The van der Waals surface area contributed by atoms with Crippen molar-refractivity contribution in [3.8, 4) is 0 Å². The number of likely N-dealkylation sites (tertiary alicyclic amines) is 1. The standard InChI is InChI=1S/C20H25N3O4S/c1-13-5-6-17(27-13)20(26)22-15-7-9-23(10-8-15)19(25)12-16(21-14(2)24)18-4-3-11-28-18/h3-6,11,15-16H,7-10,12H2,1-2H3,(H,21,24)(H,22,26). The molecule has 3 amide bonds. The highest BCUT2D eigenvalue weighted by atomic mass is 32.1. The Kier molecular flexibility index (Phi) is 6.51. The maximum Gasteiger partial charge on any atom is 0.287 e. The molecule has 0 radical (unpaired) electrons. The Bertz CT molecular complexity index is 822. The largest absolute Gasteiger partial charge is 0.456 e. The van der Waals surface area contributed by atoms with Crippen molar-refractivity contribution in [1.29, 1.82) is 0 Å². The van der Waals surface area contributed by atoms with Gasteiger partial charge in [-0.15, -0.1) is 11.3 Å². The maximum absolute atomic E-state index is 12.7. The van der Waals surface area contributed by atoms with Crippen LogP contribution >= 0.6 is 11.3 Å². The summed E-state index contributed by atoms with van der Waals surface area (Å²) in [5, 5.41) is 7.77. The normalized spacial score (nSPS) is 15.9. The topological polar surface area (TPSA) is 91.7 Å². The molecular weight excluding hydrogens is 378 g/mol. The second-order valence-electron chi connectivity index (χ2n) is 7.01. The summed E-state index contributed by atoms with van der Waals surface area (Å²) in [6.45, 7) is 4.42. The number of carbonyl (C=O) groups is 3. The second kappa shape index (κ2) is 9.05. The molecule has 0 aliphatic carbocycles. The van der Waals surface area contributed by atoms with Crippen molar-refractivity contribution in [2.75, 3.05) is 13.1 Å². The summed E-state index contributed by atoms with van der Waals surface area (Å²) in [6.07, 6.45) is 1.63. The molecule has 7 nitrogen and oxygen atoms in total. The molecule has 150 valence electrons. The summed E-state index contributed by atoms with van der Waals surface area (Å²) in [7, 11) is 0. The summed E-state index contributed by atoms with van der Waals surface area (Å²) >= 11 is 1.53. The van der Waals surface area contributed by atoms with E-state index < -0.39 is 0 Å². The molecule has 0 saturated carbocycles. The summed E-state index contributed by atoms with van der Waals surface area (Å²) in [4.78, 5) is 39.2. The number of thiophene rings is 1. The number of hydrogen-bond donors (Lipinski definition) is 2. The van der Waals surface area contributed by atoms with Crippen LogP contribution in [0.3, 0.4) is 0 Å². The minimum absolute atomic E-state index is 0.0126. The fraction of sp³-hybridized carbons (Fsp3) is 0.450. The van der Waals surface area contributed by atoms with Gasteiger partial charge in [0.1, 0.15) is 5.76 Å². The van der Waals surface area contributed by atoms with Crippen LogP contribution in [0.15, 0.2) is 34.1 Å². The van der Waals surface area contributed by atoms with E-state index in [1.54, 1.807) is 19.1 Å². The minimum atomic E-state index is -0.301. The van der Waals surface area contributed by atoms with Gasteiger partial charge in [0.2, 0.25) is 11.8 Å². The van der Waals surface area contributed by atoms with Gasteiger partial charge in [-0.05, 0) is 43.3 Å². The van der Waals surface area contributed by atoms with Crippen LogP contribution in [0.25, 0.3) is 0 Å². The fourth-order valence-corrected chi connectivity index (χ4v) is 4.13. The molecular formula is C20H25N3O4S. The van der Waals surface area contributed by atoms with Gasteiger partial charge in [0.15, 0.2) is 5.76 Å². The van der Waals surface area contributed by atoms with Gasteiger partial charge in [0.25, 0.3) is 5.91 Å². The highest BCUT2D eigenvalue weighted by Gasteiger charge is 2.27. The van der Waals surface area contributed by atoms with Crippen LogP contribution in [0, 0.1) is 6.92 Å². The molecule has 1 unspecified atom stereocenters. The molecule has 8 heteroatoms. The number of hydrogen-bond acceptors (Lipinski definition) is 5. The number of carbonyl (C=O) groups excluding carboxylic acids is 3. The monoisotopic (exact) mass is 403 g/mol. The third kappa shape index (κ3) is 5.22. The molecule has 1 fully saturated rings. The van der Waals surface area contributed by atoms with Crippen LogP contribution < -0.4 is 10.6 Å². The average Bonchev–Trinajstić information content (AvgIpc) is 3.33. The SMILES string of the molecule is CC(=O)NC(CC(=O)N1CCC(NC(=O)c2ccc(C)o2)CC1)c1cccs1. The Morgan fingerprint density at radius 3 is 2.57 bits per heavy atom. The minimum Gasteiger partial charge on any atom is -0.456 e. The lowest BCUT2D eigenvalue weighted by molar-refractivity contribution is -0.133. The van der Waals surface area contributed by atoms with Gasteiger partial charge >= 0.3 is 0 Å². The van der Waals surface area contributed by atoms with Gasteiger partial charge in [-0.2, -0.15) is 0 Å². The Morgan fingerprint density at radius 2 is 2.00 bits per heavy atom. The van der Waals surface area contributed by atoms with Gasteiger partial charge in [0, 0.05) is 30.9 Å². The maximum atomic E-state index is 12.7. The number of nitrogens with one attached hydrogen (secondary N) is 2. The van der Waals surface area contributed by atoms with Crippen molar-refractivity contribution in [3.63, 3.8) is 0 Å². The van der Waals surface area contributed by atoms with Crippen LogP contribution in [0.5, 0.6) is 0 Å². The van der Waals surface area contributed by atoms with Crippen molar-refractivity contribution in [2.45, 2.75) is 45.2 Å². The highest BCUT2D eigenvalue weighted by Crippen LogP contribution is 2.24. The van der Waals surface area contributed by atoms with Crippen LogP contribution in [-0.2, 0) is 9.59 Å². The van der Waals surface area contributed by atoms with E-state index in [0.29, 0.717) is 37.5 Å². The number of amides is 3. The van der Waals surface area contributed by atoms with Gasteiger partial charge in [-0.1, -0.05) is 6.07 Å². The summed E-state index contributed by atoms with van der Waals surface area (Å²) in [6, 6.07) is 6.98. The van der Waals surface area contributed by atoms with Crippen molar-refractivity contribution < 1.29 is 18.8 Å². The molecule has 0 aromatic carbocycles. The number of furan rings is 1. The van der Waals surface area contributed by atoms with Gasteiger partial charge in [-0.25, -0.2) is 0 Å². The number of piperidine rings is 1. The Hall–Kier alpha value is -2.61. The quantitative estimate of drug-likeness (QED) is 0.776. The summed E-state index contributed by atoms with van der Waals surface area (Å²) < 4.78 is 5.35. The van der Waals surface area contributed by atoms with Crippen LogP contribution in [0.1, 0.15) is 53.4 Å². The van der Waals surface area contributed by atoms with E-state index in [0.717, 1.165) is 4.88 Å². The number of nitrogens with zero attached hydrogens (tertiary/aromatic N) is 1.